The zero-order valence-corrected chi connectivity index (χ0v) is 18.7. The number of halogens is 1. The SMILES string of the molecule is Cc1cc(NC(=S)NC(=O)c2cccc(I)c2)cc(-c2nc3ccccc3o2)c1O. The van der Waals surface area contributed by atoms with E-state index in [1.165, 1.54) is 0 Å². The van der Waals surface area contributed by atoms with Crippen LogP contribution in [0.1, 0.15) is 15.9 Å². The van der Waals surface area contributed by atoms with Gasteiger partial charge in [0.1, 0.15) is 11.3 Å². The van der Waals surface area contributed by atoms with Crippen molar-refractivity contribution in [3.63, 3.8) is 0 Å². The van der Waals surface area contributed by atoms with Crippen LogP contribution in [0.4, 0.5) is 5.69 Å². The number of rotatable bonds is 3. The van der Waals surface area contributed by atoms with Crippen LogP contribution in [0.25, 0.3) is 22.6 Å². The number of phenols is 1. The zero-order valence-electron chi connectivity index (χ0n) is 15.8. The minimum Gasteiger partial charge on any atom is -0.507 e. The smallest absolute Gasteiger partial charge is 0.257 e. The van der Waals surface area contributed by atoms with Crippen LogP contribution in [-0.2, 0) is 0 Å². The highest BCUT2D eigenvalue weighted by molar-refractivity contribution is 14.1. The summed E-state index contributed by atoms with van der Waals surface area (Å²) in [6.45, 7) is 1.76. The van der Waals surface area contributed by atoms with Crippen molar-refractivity contribution in [2.75, 3.05) is 5.32 Å². The van der Waals surface area contributed by atoms with Crippen LogP contribution in [0.15, 0.2) is 65.1 Å². The van der Waals surface area contributed by atoms with Crippen LogP contribution >= 0.6 is 34.8 Å². The summed E-state index contributed by atoms with van der Waals surface area (Å²) < 4.78 is 6.74. The number of fused-ring (bicyclic) bond motifs is 1. The Morgan fingerprint density at radius 2 is 1.93 bits per heavy atom. The van der Waals surface area contributed by atoms with Crippen LogP contribution in [0.3, 0.4) is 0 Å². The van der Waals surface area contributed by atoms with Gasteiger partial charge in [-0.3, -0.25) is 10.1 Å². The number of carbonyl (C=O) groups is 1. The molecular weight excluding hydrogens is 513 g/mol. The third-order valence-electron chi connectivity index (χ3n) is 4.40. The third kappa shape index (κ3) is 4.29. The van der Waals surface area contributed by atoms with E-state index in [4.69, 9.17) is 16.6 Å². The van der Waals surface area contributed by atoms with Gasteiger partial charge in [-0.15, -0.1) is 0 Å². The maximum absolute atomic E-state index is 12.4. The van der Waals surface area contributed by atoms with Crippen LogP contribution in [0.2, 0.25) is 0 Å². The average Bonchev–Trinajstić information content (AvgIpc) is 3.14. The molecule has 6 nitrogen and oxygen atoms in total. The summed E-state index contributed by atoms with van der Waals surface area (Å²) in [5, 5.41) is 16.3. The molecule has 0 aliphatic carbocycles. The van der Waals surface area contributed by atoms with Gasteiger partial charge in [-0.2, -0.15) is 0 Å². The van der Waals surface area contributed by atoms with E-state index in [0.29, 0.717) is 39.4 Å². The topological polar surface area (TPSA) is 87.4 Å². The number of para-hydroxylation sites is 2. The van der Waals surface area contributed by atoms with Crippen LogP contribution in [0.5, 0.6) is 5.75 Å². The maximum Gasteiger partial charge on any atom is 0.257 e. The zero-order chi connectivity index (χ0) is 21.3. The van der Waals surface area contributed by atoms with Crippen molar-refractivity contribution in [1.29, 1.82) is 0 Å². The molecule has 0 radical (unpaired) electrons. The number of thiocarbonyl (C=S) groups is 1. The molecule has 0 atom stereocenters. The molecule has 0 bridgehead atoms. The second kappa shape index (κ2) is 8.41. The lowest BCUT2D eigenvalue weighted by Crippen LogP contribution is -2.34. The maximum atomic E-state index is 12.4. The lowest BCUT2D eigenvalue weighted by atomic mass is 10.1. The summed E-state index contributed by atoms with van der Waals surface area (Å²) in [6, 6.07) is 18.0. The monoisotopic (exact) mass is 529 g/mol. The van der Waals surface area contributed by atoms with Gasteiger partial charge in [0.05, 0.1) is 5.56 Å². The second-order valence-corrected chi connectivity index (χ2v) is 8.25. The molecule has 4 aromatic rings. The number of oxazole rings is 1. The van der Waals surface area contributed by atoms with Gasteiger partial charge in [-0.05, 0) is 89.8 Å². The van der Waals surface area contributed by atoms with Crippen LogP contribution in [0, 0.1) is 10.5 Å². The molecule has 0 fully saturated rings. The van der Waals surface area contributed by atoms with Gasteiger partial charge in [0.2, 0.25) is 5.89 Å². The Bertz CT molecular complexity index is 1250. The van der Waals surface area contributed by atoms with E-state index in [-0.39, 0.29) is 16.8 Å². The number of carbonyl (C=O) groups excluding carboxylic acids is 1. The highest BCUT2D eigenvalue weighted by atomic mass is 127. The number of hydrogen-bond acceptors (Lipinski definition) is 5. The minimum atomic E-state index is -0.305. The van der Waals surface area contributed by atoms with Gasteiger partial charge < -0.3 is 14.8 Å². The van der Waals surface area contributed by atoms with Crippen molar-refractivity contribution >= 4 is 62.6 Å². The molecule has 150 valence electrons. The largest absolute Gasteiger partial charge is 0.507 e. The van der Waals surface area contributed by atoms with Crippen molar-refractivity contribution in [2.24, 2.45) is 0 Å². The van der Waals surface area contributed by atoms with Crippen molar-refractivity contribution in [3.05, 3.63) is 75.4 Å². The molecule has 0 aliphatic rings. The van der Waals surface area contributed by atoms with E-state index < -0.39 is 0 Å². The second-order valence-electron chi connectivity index (χ2n) is 6.59. The van der Waals surface area contributed by atoms with Gasteiger partial charge in [0.15, 0.2) is 10.7 Å². The van der Waals surface area contributed by atoms with E-state index in [9.17, 15) is 9.90 Å². The van der Waals surface area contributed by atoms with Gasteiger partial charge >= 0.3 is 0 Å². The molecule has 3 aromatic carbocycles. The van der Waals surface area contributed by atoms with E-state index in [0.717, 1.165) is 3.57 Å². The quantitative estimate of drug-likeness (QED) is 0.191. The molecule has 0 unspecified atom stereocenters. The average molecular weight is 529 g/mol. The molecule has 0 aliphatic heterocycles. The third-order valence-corrected chi connectivity index (χ3v) is 5.27. The number of aromatic nitrogens is 1. The molecule has 1 aromatic heterocycles. The summed E-state index contributed by atoms with van der Waals surface area (Å²) in [6.07, 6.45) is 0. The summed E-state index contributed by atoms with van der Waals surface area (Å²) >= 11 is 7.43. The predicted molar refractivity (Wildman–Crippen MR) is 129 cm³/mol. The Kier molecular flexibility index (Phi) is 5.69. The van der Waals surface area contributed by atoms with Gasteiger partial charge in [-0.1, -0.05) is 18.2 Å². The molecule has 4 rings (SSSR count). The van der Waals surface area contributed by atoms with Crippen molar-refractivity contribution < 1.29 is 14.3 Å². The van der Waals surface area contributed by atoms with E-state index in [1.807, 2.05) is 36.4 Å². The Labute approximate surface area is 191 Å². The molecule has 0 spiro atoms. The van der Waals surface area contributed by atoms with E-state index in [1.54, 1.807) is 31.2 Å². The first-order chi connectivity index (χ1) is 14.4. The number of anilines is 1. The molecule has 3 N–H and O–H groups in total. The summed E-state index contributed by atoms with van der Waals surface area (Å²) in [4.78, 5) is 16.8. The number of phenolic OH excluding ortho intramolecular Hbond substituents is 1. The van der Waals surface area contributed by atoms with Crippen molar-refractivity contribution in [3.8, 4) is 17.2 Å². The molecule has 0 saturated heterocycles. The molecule has 30 heavy (non-hydrogen) atoms. The first kappa shape index (κ1) is 20.3. The fraction of sp³-hybridized carbons (Fsp3) is 0.0455. The van der Waals surface area contributed by atoms with Gasteiger partial charge in [-0.25, -0.2) is 4.98 Å². The first-order valence-electron chi connectivity index (χ1n) is 8.98. The number of nitrogens with zero attached hydrogens (tertiary/aromatic N) is 1. The van der Waals surface area contributed by atoms with E-state index in [2.05, 4.69) is 38.2 Å². The Morgan fingerprint density at radius 1 is 1.13 bits per heavy atom. The summed E-state index contributed by atoms with van der Waals surface area (Å²) in [5.41, 5.74) is 3.48. The lowest BCUT2D eigenvalue weighted by molar-refractivity contribution is 0.0977. The molecule has 8 heteroatoms. The Hall–Kier alpha value is -2.98. The van der Waals surface area contributed by atoms with Crippen LogP contribution < -0.4 is 10.6 Å². The first-order valence-corrected chi connectivity index (χ1v) is 10.5. The lowest BCUT2D eigenvalue weighted by Gasteiger charge is -2.12. The molecule has 1 amide bonds. The number of amides is 1. The van der Waals surface area contributed by atoms with Gasteiger partial charge in [0, 0.05) is 14.8 Å². The van der Waals surface area contributed by atoms with Gasteiger partial charge in [0.25, 0.3) is 5.91 Å². The van der Waals surface area contributed by atoms with E-state index >= 15 is 0 Å². The fourth-order valence-corrected chi connectivity index (χ4v) is 3.72. The van der Waals surface area contributed by atoms with Crippen molar-refractivity contribution in [1.82, 2.24) is 10.3 Å². The summed E-state index contributed by atoms with van der Waals surface area (Å²) in [7, 11) is 0. The highest BCUT2D eigenvalue weighted by Crippen LogP contribution is 2.36. The predicted octanol–water partition coefficient (Wildman–Crippen LogP) is 5.24. The Balaban J connectivity index is 1.57. The number of hydrogen-bond donors (Lipinski definition) is 3. The van der Waals surface area contributed by atoms with Crippen molar-refractivity contribution in [2.45, 2.75) is 6.92 Å². The number of benzene rings is 3. The Morgan fingerprint density at radius 3 is 2.70 bits per heavy atom. The summed E-state index contributed by atoms with van der Waals surface area (Å²) in [5.74, 6) is 0.0656. The number of aryl methyl sites for hydroxylation is 1. The normalized spacial score (nSPS) is 10.7. The molecular formula is C22H16IN3O3S. The fourth-order valence-electron chi connectivity index (χ4n) is 2.97. The number of nitrogens with one attached hydrogen (secondary N) is 2. The molecule has 1 heterocycles. The molecule has 0 saturated carbocycles. The number of aromatic hydroxyl groups is 1. The van der Waals surface area contributed by atoms with Crippen LogP contribution in [-0.4, -0.2) is 21.1 Å². The standard InChI is InChI=1S/C22H16IN3O3S/c1-12-9-15(24-22(30)26-20(28)13-5-4-6-14(23)10-13)11-16(19(12)27)21-25-17-7-2-3-8-18(17)29-21/h2-11,27H,1H3,(H2,24,26,28,30). The highest BCUT2D eigenvalue weighted by Gasteiger charge is 2.16. The minimum absolute atomic E-state index is 0.0703.